The number of carbonyl (C=O) groups excluding carboxylic acids is 1. The van der Waals surface area contributed by atoms with Crippen molar-refractivity contribution in [2.24, 2.45) is 7.05 Å². The normalized spacial score (nSPS) is 12.7. The summed E-state index contributed by atoms with van der Waals surface area (Å²) in [4.78, 5) is 37.5. The maximum Gasteiger partial charge on any atom is 0.431 e. The number of alkyl halides is 3. The van der Waals surface area contributed by atoms with Gasteiger partial charge in [-0.15, -0.1) is 0 Å². The van der Waals surface area contributed by atoms with E-state index in [0.717, 1.165) is 12.6 Å². The van der Waals surface area contributed by atoms with Gasteiger partial charge in [-0.05, 0) is 60.3 Å². The van der Waals surface area contributed by atoms with Crippen LogP contribution in [0.25, 0.3) is 27.0 Å². The Morgan fingerprint density at radius 3 is 2.39 bits per heavy atom. The summed E-state index contributed by atoms with van der Waals surface area (Å²) < 4.78 is 56.9. The maximum absolute atomic E-state index is 13.3. The Bertz CT molecular complexity index is 1650. The number of methoxy groups -OCH3 is 1. The van der Waals surface area contributed by atoms with Gasteiger partial charge in [0, 0.05) is 24.1 Å². The number of hydrogen-bond donors (Lipinski definition) is 0. The van der Waals surface area contributed by atoms with Crippen molar-refractivity contribution in [3.05, 3.63) is 74.6 Å². The molecule has 2 aromatic carbocycles. The maximum atomic E-state index is 13.3. The molecular weight excluding hydrogens is 523 g/mol. The standard InChI is InChI=1S/C26H24F3N3O5S/c1-13(2)15-6-8-19(37-14(3)24(34)36-5)17(10-15)23-18-11-16(7-9-20(18)38-30-23)32-22(33)12-21(26(27,28)29)31(4)25(32)35/h6-14H,1-5H3. The first-order chi connectivity index (χ1) is 17.8. The highest BCUT2D eigenvalue weighted by molar-refractivity contribution is 7.13. The van der Waals surface area contributed by atoms with Gasteiger partial charge in [-0.1, -0.05) is 19.9 Å². The molecule has 12 heteroatoms. The quantitative estimate of drug-likeness (QED) is 0.319. The van der Waals surface area contributed by atoms with Gasteiger partial charge in [0.05, 0.1) is 23.2 Å². The summed E-state index contributed by atoms with van der Waals surface area (Å²) in [6.07, 6.45) is -5.77. The van der Waals surface area contributed by atoms with Crippen LogP contribution in [0.4, 0.5) is 13.2 Å². The van der Waals surface area contributed by atoms with Crippen molar-refractivity contribution >= 4 is 27.6 Å². The van der Waals surface area contributed by atoms with Gasteiger partial charge in [-0.25, -0.2) is 14.2 Å². The molecule has 0 aliphatic carbocycles. The van der Waals surface area contributed by atoms with Crippen LogP contribution in [0.15, 0.2) is 52.1 Å². The molecule has 200 valence electrons. The second kappa shape index (κ2) is 10.1. The number of hydrogen-bond acceptors (Lipinski definition) is 7. The van der Waals surface area contributed by atoms with Crippen LogP contribution in [0.2, 0.25) is 0 Å². The minimum absolute atomic E-state index is 0.0867. The minimum atomic E-state index is -4.86. The summed E-state index contributed by atoms with van der Waals surface area (Å²) in [5.41, 5.74) is -1.48. The molecule has 0 amide bonds. The summed E-state index contributed by atoms with van der Waals surface area (Å²) in [5, 5.41) is 0.554. The molecule has 0 spiro atoms. The van der Waals surface area contributed by atoms with Crippen molar-refractivity contribution < 1.29 is 27.4 Å². The number of fused-ring (bicyclic) bond motifs is 1. The molecule has 2 aromatic heterocycles. The number of carbonyl (C=O) groups is 1. The van der Waals surface area contributed by atoms with Crippen LogP contribution in [0.1, 0.15) is 37.9 Å². The molecule has 1 unspecified atom stereocenters. The molecule has 0 saturated heterocycles. The predicted octanol–water partition coefficient (Wildman–Crippen LogP) is 4.90. The van der Waals surface area contributed by atoms with Crippen LogP contribution < -0.4 is 16.0 Å². The van der Waals surface area contributed by atoms with Crippen LogP contribution in [0, 0.1) is 0 Å². The zero-order valence-corrected chi connectivity index (χ0v) is 21.9. The number of ether oxygens (including phenoxy) is 2. The Morgan fingerprint density at radius 2 is 1.76 bits per heavy atom. The SMILES string of the molecule is COC(=O)C(C)Oc1ccc(C(C)C)cc1-c1nsc2ccc(-n3c(=O)cc(C(F)(F)F)n(C)c3=O)cc12. The molecule has 0 fully saturated rings. The lowest BCUT2D eigenvalue weighted by Gasteiger charge is -2.17. The summed E-state index contributed by atoms with van der Waals surface area (Å²) in [5.74, 6) is -0.0330. The zero-order chi connectivity index (χ0) is 27.9. The van der Waals surface area contributed by atoms with E-state index in [1.165, 1.54) is 30.8 Å². The Balaban J connectivity index is 1.92. The van der Waals surface area contributed by atoms with Crippen molar-refractivity contribution in [1.82, 2.24) is 13.5 Å². The van der Waals surface area contributed by atoms with Crippen LogP contribution >= 0.6 is 11.5 Å². The van der Waals surface area contributed by atoms with E-state index < -0.39 is 35.2 Å². The molecule has 0 saturated carbocycles. The van der Waals surface area contributed by atoms with Gasteiger partial charge in [-0.2, -0.15) is 17.5 Å². The molecule has 0 radical (unpaired) electrons. The summed E-state index contributed by atoms with van der Waals surface area (Å²) >= 11 is 1.17. The van der Waals surface area contributed by atoms with Crippen LogP contribution in [-0.4, -0.2) is 32.7 Å². The van der Waals surface area contributed by atoms with Gasteiger partial charge in [0.1, 0.15) is 11.4 Å². The van der Waals surface area contributed by atoms with Gasteiger partial charge < -0.3 is 9.47 Å². The topological polar surface area (TPSA) is 92.4 Å². The fourth-order valence-corrected chi connectivity index (χ4v) is 4.76. The van der Waals surface area contributed by atoms with Gasteiger partial charge in [0.25, 0.3) is 5.56 Å². The Hall–Kier alpha value is -3.93. The highest BCUT2D eigenvalue weighted by Gasteiger charge is 2.35. The number of aromatic nitrogens is 3. The van der Waals surface area contributed by atoms with Gasteiger partial charge >= 0.3 is 17.8 Å². The lowest BCUT2D eigenvalue weighted by atomic mass is 9.97. The highest BCUT2D eigenvalue weighted by atomic mass is 32.1. The largest absolute Gasteiger partial charge is 0.478 e. The summed E-state index contributed by atoms with van der Waals surface area (Å²) in [6, 6.07) is 10.5. The lowest BCUT2D eigenvalue weighted by molar-refractivity contribution is -0.148. The van der Waals surface area contributed by atoms with Crippen LogP contribution in [-0.2, 0) is 22.8 Å². The molecule has 0 aliphatic rings. The van der Waals surface area contributed by atoms with E-state index >= 15 is 0 Å². The monoisotopic (exact) mass is 547 g/mol. The van der Waals surface area contributed by atoms with E-state index in [0.29, 0.717) is 42.3 Å². The minimum Gasteiger partial charge on any atom is -0.478 e. The molecule has 4 aromatic rings. The number of esters is 1. The van der Waals surface area contributed by atoms with E-state index in [1.807, 2.05) is 26.0 Å². The van der Waals surface area contributed by atoms with Gasteiger partial charge in [-0.3, -0.25) is 9.36 Å². The van der Waals surface area contributed by atoms with E-state index in [-0.39, 0.29) is 11.6 Å². The number of rotatable bonds is 6. The molecule has 4 rings (SSSR count). The fraction of sp³-hybridized carbons (Fsp3) is 0.308. The van der Waals surface area contributed by atoms with Crippen molar-refractivity contribution in [3.8, 4) is 22.7 Å². The summed E-state index contributed by atoms with van der Waals surface area (Å²) in [7, 11) is 2.22. The third-order valence-corrected chi connectivity index (χ3v) is 6.91. The molecular formula is C26H24F3N3O5S. The number of halogens is 3. The molecule has 38 heavy (non-hydrogen) atoms. The van der Waals surface area contributed by atoms with Crippen molar-refractivity contribution in [2.75, 3.05) is 7.11 Å². The van der Waals surface area contributed by atoms with Crippen molar-refractivity contribution in [1.29, 1.82) is 0 Å². The third-order valence-electron chi connectivity index (χ3n) is 6.08. The number of nitrogens with zero attached hydrogens (tertiary/aromatic N) is 3. The van der Waals surface area contributed by atoms with Crippen LogP contribution in [0.5, 0.6) is 5.75 Å². The Kier molecular flexibility index (Phi) is 7.20. The van der Waals surface area contributed by atoms with Crippen LogP contribution in [0.3, 0.4) is 0 Å². The number of benzene rings is 2. The molecule has 0 aliphatic heterocycles. The van der Waals surface area contributed by atoms with E-state index in [4.69, 9.17) is 9.47 Å². The lowest BCUT2D eigenvalue weighted by Crippen LogP contribution is -2.40. The van der Waals surface area contributed by atoms with Crippen molar-refractivity contribution in [2.45, 2.75) is 39.0 Å². The van der Waals surface area contributed by atoms with Crippen molar-refractivity contribution in [3.63, 3.8) is 0 Å². The molecule has 2 heterocycles. The first kappa shape index (κ1) is 27.1. The second-order valence-corrected chi connectivity index (χ2v) is 9.75. The molecule has 1 atom stereocenters. The van der Waals surface area contributed by atoms with E-state index in [2.05, 4.69) is 4.37 Å². The first-order valence-electron chi connectivity index (χ1n) is 11.5. The second-order valence-electron chi connectivity index (χ2n) is 8.95. The smallest absolute Gasteiger partial charge is 0.431 e. The fourth-order valence-electron chi connectivity index (χ4n) is 3.99. The van der Waals surface area contributed by atoms with E-state index in [1.54, 1.807) is 19.1 Å². The molecule has 0 N–H and O–H groups in total. The average Bonchev–Trinajstić information content (AvgIpc) is 3.28. The molecule has 8 nitrogen and oxygen atoms in total. The third kappa shape index (κ3) is 4.95. The Labute approximate surface area is 219 Å². The van der Waals surface area contributed by atoms with Gasteiger partial charge in [0.2, 0.25) is 0 Å². The highest BCUT2D eigenvalue weighted by Crippen LogP contribution is 2.39. The molecule has 0 bridgehead atoms. The summed E-state index contributed by atoms with van der Waals surface area (Å²) in [6.45, 7) is 5.58. The van der Waals surface area contributed by atoms with E-state index in [9.17, 15) is 27.6 Å². The zero-order valence-electron chi connectivity index (χ0n) is 21.1. The first-order valence-corrected chi connectivity index (χ1v) is 12.3. The predicted molar refractivity (Wildman–Crippen MR) is 137 cm³/mol. The Morgan fingerprint density at radius 1 is 1.05 bits per heavy atom. The average molecular weight is 548 g/mol. The van der Waals surface area contributed by atoms with Gasteiger partial charge in [0.15, 0.2) is 6.10 Å².